The molecule has 174 valence electrons. The van der Waals surface area contributed by atoms with Gasteiger partial charge in [0.05, 0.1) is 31.2 Å². The highest BCUT2D eigenvalue weighted by atomic mass is 32.2. The second-order valence-electron chi connectivity index (χ2n) is 7.76. The molecule has 1 N–H and O–H groups in total. The smallest absolute Gasteiger partial charge is 0.258 e. The highest BCUT2D eigenvalue weighted by Crippen LogP contribution is 2.28. The van der Waals surface area contributed by atoms with Crippen molar-refractivity contribution in [2.24, 2.45) is 5.92 Å². The van der Waals surface area contributed by atoms with E-state index in [4.69, 9.17) is 14.2 Å². The molecule has 0 atom stereocenters. The summed E-state index contributed by atoms with van der Waals surface area (Å²) in [7, 11) is -0.402. The van der Waals surface area contributed by atoms with Gasteiger partial charge in [0.15, 0.2) is 6.61 Å². The SMILES string of the molecule is COc1cccc(OC)c1CNC(=O)COc1ccc(S(=O)(=O)N2CCC(C)CC2)cc1. The Morgan fingerprint density at radius 2 is 1.62 bits per heavy atom. The molecule has 3 rings (SSSR count). The lowest BCUT2D eigenvalue weighted by atomic mass is 10.0. The Labute approximate surface area is 189 Å². The summed E-state index contributed by atoms with van der Waals surface area (Å²) in [6, 6.07) is 11.6. The molecule has 1 saturated heterocycles. The topological polar surface area (TPSA) is 94.2 Å². The number of hydrogen-bond acceptors (Lipinski definition) is 6. The third-order valence-electron chi connectivity index (χ3n) is 5.57. The molecule has 0 saturated carbocycles. The van der Waals surface area contributed by atoms with Gasteiger partial charge in [0.1, 0.15) is 17.2 Å². The van der Waals surface area contributed by atoms with Crippen molar-refractivity contribution in [3.8, 4) is 17.2 Å². The van der Waals surface area contributed by atoms with Crippen molar-refractivity contribution in [1.82, 2.24) is 9.62 Å². The second-order valence-corrected chi connectivity index (χ2v) is 9.70. The Bertz CT molecular complexity index is 993. The number of carbonyl (C=O) groups excluding carboxylic acids is 1. The number of hydrogen-bond donors (Lipinski definition) is 1. The Morgan fingerprint density at radius 1 is 1.03 bits per heavy atom. The van der Waals surface area contributed by atoms with E-state index in [0.29, 0.717) is 36.3 Å². The molecular formula is C23H30N2O6S. The lowest BCUT2D eigenvalue weighted by Crippen LogP contribution is -2.37. The lowest BCUT2D eigenvalue weighted by Gasteiger charge is -2.29. The van der Waals surface area contributed by atoms with E-state index in [1.54, 1.807) is 38.5 Å². The summed E-state index contributed by atoms with van der Waals surface area (Å²) in [6.07, 6.45) is 1.74. The van der Waals surface area contributed by atoms with Crippen LogP contribution in [0.5, 0.6) is 17.2 Å². The number of nitrogens with zero attached hydrogens (tertiary/aromatic N) is 1. The van der Waals surface area contributed by atoms with Gasteiger partial charge in [-0.1, -0.05) is 13.0 Å². The van der Waals surface area contributed by atoms with Gasteiger partial charge in [-0.25, -0.2) is 8.42 Å². The van der Waals surface area contributed by atoms with Crippen LogP contribution in [-0.2, 0) is 21.4 Å². The third kappa shape index (κ3) is 5.72. The standard InChI is InChI=1S/C23H30N2O6S/c1-17-11-13-25(14-12-17)32(27,28)19-9-7-18(8-10-19)31-16-23(26)24-15-20-21(29-2)5-4-6-22(20)30-3/h4-10,17H,11-16H2,1-3H3,(H,24,26). The predicted molar refractivity (Wildman–Crippen MR) is 120 cm³/mol. The second kappa shape index (κ2) is 10.7. The number of piperidine rings is 1. The maximum atomic E-state index is 12.8. The van der Waals surface area contributed by atoms with E-state index < -0.39 is 10.0 Å². The summed E-state index contributed by atoms with van der Waals surface area (Å²) in [5, 5.41) is 2.77. The van der Waals surface area contributed by atoms with E-state index in [9.17, 15) is 13.2 Å². The highest BCUT2D eigenvalue weighted by molar-refractivity contribution is 7.89. The number of amides is 1. The van der Waals surface area contributed by atoms with E-state index in [1.807, 2.05) is 6.07 Å². The van der Waals surface area contributed by atoms with Crippen LogP contribution in [0.15, 0.2) is 47.4 Å². The number of benzene rings is 2. The average Bonchev–Trinajstić information content (AvgIpc) is 2.81. The summed E-state index contributed by atoms with van der Waals surface area (Å²) in [5.74, 6) is 1.88. The molecule has 1 fully saturated rings. The molecule has 0 unspecified atom stereocenters. The van der Waals surface area contributed by atoms with E-state index in [0.717, 1.165) is 18.4 Å². The minimum Gasteiger partial charge on any atom is -0.496 e. The van der Waals surface area contributed by atoms with Crippen molar-refractivity contribution in [2.75, 3.05) is 33.9 Å². The van der Waals surface area contributed by atoms with Crippen molar-refractivity contribution in [2.45, 2.75) is 31.2 Å². The first-order valence-electron chi connectivity index (χ1n) is 10.5. The molecule has 0 spiro atoms. The molecule has 0 radical (unpaired) electrons. The van der Waals surface area contributed by atoms with Gasteiger partial charge in [0.25, 0.3) is 5.91 Å². The largest absolute Gasteiger partial charge is 0.496 e. The molecule has 0 bridgehead atoms. The van der Waals surface area contributed by atoms with Gasteiger partial charge < -0.3 is 19.5 Å². The molecule has 8 nitrogen and oxygen atoms in total. The minimum atomic E-state index is -3.51. The van der Waals surface area contributed by atoms with Crippen molar-refractivity contribution in [3.63, 3.8) is 0 Å². The Morgan fingerprint density at radius 3 is 2.19 bits per heavy atom. The first-order valence-corrected chi connectivity index (χ1v) is 12.0. The summed E-state index contributed by atoms with van der Waals surface area (Å²) in [6.45, 7) is 3.24. The molecule has 0 aromatic heterocycles. The Hall–Kier alpha value is -2.78. The van der Waals surface area contributed by atoms with Crippen LogP contribution in [0.4, 0.5) is 0 Å². The van der Waals surface area contributed by atoms with Crippen molar-refractivity contribution >= 4 is 15.9 Å². The summed E-state index contributed by atoms with van der Waals surface area (Å²) >= 11 is 0. The fraction of sp³-hybridized carbons (Fsp3) is 0.435. The predicted octanol–water partition coefficient (Wildman–Crippen LogP) is 2.82. The van der Waals surface area contributed by atoms with Crippen LogP contribution in [0, 0.1) is 5.92 Å². The maximum Gasteiger partial charge on any atom is 0.258 e. The zero-order valence-electron chi connectivity index (χ0n) is 18.7. The molecule has 1 aliphatic heterocycles. The fourth-order valence-electron chi connectivity index (χ4n) is 3.57. The lowest BCUT2D eigenvalue weighted by molar-refractivity contribution is -0.123. The molecular weight excluding hydrogens is 432 g/mol. The van der Waals surface area contributed by atoms with Crippen molar-refractivity contribution < 1.29 is 27.4 Å². The van der Waals surface area contributed by atoms with Gasteiger partial charge in [0.2, 0.25) is 10.0 Å². The van der Waals surface area contributed by atoms with E-state index in [-0.39, 0.29) is 24.0 Å². The zero-order chi connectivity index (χ0) is 23.1. The average molecular weight is 463 g/mol. The molecule has 1 aliphatic rings. The highest BCUT2D eigenvalue weighted by Gasteiger charge is 2.28. The van der Waals surface area contributed by atoms with Crippen LogP contribution in [0.25, 0.3) is 0 Å². The van der Waals surface area contributed by atoms with Crippen LogP contribution < -0.4 is 19.5 Å². The van der Waals surface area contributed by atoms with Crippen LogP contribution in [0.3, 0.4) is 0 Å². The van der Waals surface area contributed by atoms with Gasteiger partial charge in [0, 0.05) is 13.1 Å². The van der Waals surface area contributed by atoms with Gasteiger partial charge in [-0.3, -0.25) is 4.79 Å². The molecule has 2 aromatic carbocycles. The number of rotatable bonds is 9. The van der Waals surface area contributed by atoms with Crippen LogP contribution >= 0.6 is 0 Å². The maximum absolute atomic E-state index is 12.8. The van der Waals surface area contributed by atoms with Gasteiger partial charge in [-0.15, -0.1) is 0 Å². The number of carbonyl (C=O) groups is 1. The van der Waals surface area contributed by atoms with Gasteiger partial charge in [-0.2, -0.15) is 4.31 Å². The quantitative estimate of drug-likeness (QED) is 0.616. The van der Waals surface area contributed by atoms with Gasteiger partial charge in [-0.05, 0) is 55.2 Å². The molecule has 0 aliphatic carbocycles. The summed E-state index contributed by atoms with van der Waals surface area (Å²) in [5.41, 5.74) is 0.729. The monoisotopic (exact) mass is 462 g/mol. The van der Waals surface area contributed by atoms with Crippen LogP contribution in [0.2, 0.25) is 0 Å². The third-order valence-corrected chi connectivity index (χ3v) is 7.48. The van der Waals surface area contributed by atoms with E-state index in [1.165, 1.54) is 16.4 Å². The summed E-state index contributed by atoms with van der Waals surface area (Å²) in [4.78, 5) is 12.5. The number of methoxy groups -OCH3 is 2. The minimum absolute atomic E-state index is 0.201. The normalized spacial score (nSPS) is 15.2. The van der Waals surface area contributed by atoms with Crippen molar-refractivity contribution in [3.05, 3.63) is 48.0 Å². The zero-order valence-corrected chi connectivity index (χ0v) is 19.5. The first kappa shape index (κ1) is 23.9. The van der Waals surface area contributed by atoms with Crippen LogP contribution in [0.1, 0.15) is 25.3 Å². The van der Waals surface area contributed by atoms with Crippen molar-refractivity contribution in [1.29, 1.82) is 0 Å². The summed E-state index contributed by atoms with van der Waals surface area (Å²) < 4.78 is 43.3. The Kier molecular flexibility index (Phi) is 7.98. The number of ether oxygens (including phenoxy) is 3. The number of sulfonamides is 1. The molecule has 32 heavy (non-hydrogen) atoms. The molecule has 2 aromatic rings. The Balaban J connectivity index is 1.54. The molecule has 1 heterocycles. The first-order chi connectivity index (χ1) is 15.3. The number of nitrogens with one attached hydrogen (secondary N) is 1. The van der Waals surface area contributed by atoms with Crippen LogP contribution in [-0.4, -0.2) is 52.5 Å². The van der Waals surface area contributed by atoms with E-state index in [2.05, 4.69) is 12.2 Å². The van der Waals surface area contributed by atoms with E-state index >= 15 is 0 Å². The van der Waals surface area contributed by atoms with Gasteiger partial charge >= 0.3 is 0 Å². The molecule has 9 heteroatoms. The fourth-order valence-corrected chi connectivity index (χ4v) is 5.04. The molecule has 1 amide bonds.